The van der Waals surface area contributed by atoms with Crippen LogP contribution in [-0.2, 0) is 6.54 Å². The maximum Gasteiger partial charge on any atom is 0.232 e. The fourth-order valence-corrected chi connectivity index (χ4v) is 3.09. The molecule has 0 saturated heterocycles. The second kappa shape index (κ2) is 8.89. The van der Waals surface area contributed by atoms with E-state index in [2.05, 4.69) is 39.5 Å². The zero-order valence-electron chi connectivity index (χ0n) is 16.2. The van der Waals surface area contributed by atoms with Crippen molar-refractivity contribution in [2.24, 2.45) is 0 Å². The predicted octanol–water partition coefficient (Wildman–Crippen LogP) is 5.57. The van der Waals surface area contributed by atoms with E-state index in [1.165, 1.54) is 5.56 Å². The highest BCUT2D eigenvalue weighted by Gasteiger charge is 2.14. The van der Waals surface area contributed by atoms with Crippen LogP contribution in [0.25, 0.3) is 0 Å². The molecular weight excluding hydrogens is 360 g/mol. The van der Waals surface area contributed by atoms with Gasteiger partial charge in [-0.25, -0.2) is 4.98 Å². The number of nitrogens with zero attached hydrogens (tertiary/aromatic N) is 3. The molecule has 3 aromatic carbocycles. The van der Waals surface area contributed by atoms with Crippen LogP contribution in [0.1, 0.15) is 5.56 Å². The average molecular weight is 382 g/mol. The number of ether oxygens (including phenoxy) is 1. The van der Waals surface area contributed by atoms with Crippen molar-refractivity contribution in [3.05, 3.63) is 103 Å². The molecule has 1 N–H and O–H groups in total. The molecule has 0 unspecified atom stereocenters. The van der Waals surface area contributed by atoms with Crippen molar-refractivity contribution in [2.75, 3.05) is 17.3 Å². The normalized spacial score (nSPS) is 10.4. The van der Waals surface area contributed by atoms with Crippen molar-refractivity contribution in [3.8, 4) is 5.75 Å². The summed E-state index contributed by atoms with van der Waals surface area (Å²) in [5.74, 6) is 2.09. The second-order valence-electron chi connectivity index (χ2n) is 6.47. The summed E-state index contributed by atoms with van der Waals surface area (Å²) >= 11 is 0. The molecule has 5 nitrogen and oxygen atoms in total. The van der Waals surface area contributed by atoms with E-state index in [1.807, 2.05) is 66.7 Å². The number of benzene rings is 3. The minimum atomic E-state index is 0.625. The van der Waals surface area contributed by atoms with Gasteiger partial charge in [0, 0.05) is 11.9 Å². The summed E-state index contributed by atoms with van der Waals surface area (Å²) in [5, 5.41) is 3.33. The highest BCUT2D eigenvalue weighted by molar-refractivity contribution is 5.65. The zero-order valence-corrected chi connectivity index (χ0v) is 16.2. The monoisotopic (exact) mass is 382 g/mol. The van der Waals surface area contributed by atoms with Crippen LogP contribution in [0, 0.1) is 0 Å². The van der Waals surface area contributed by atoms with Crippen molar-refractivity contribution in [1.29, 1.82) is 0 Å². The van der Waals surface area contributed by atoms with Gasteiger partial charge in [0.25, 0.3) is 0 Å². The summed E-state index contributed by atoms with van der Waals surface area (Å²) < 4.78 is 5.43. The zero-order chi connectivity index (χ0) is 19.9. The highest BCUT2D eigenvalue weighted by atomic mass is 16.5. The van der Waals surface area contributed by atoms with Crippen LogP contribution in [0.15, 0.2) is 97.2 Å². The largest absolute Gasteiger partial charge is 0.495 e. The van der Waals surface area contributed by atoms with Crippen molar-refractivity contribution < 1.29 is 4.74 Å². The van der Waals surface area contributed by atoms with Gasteiger partial charge in [-0.1, -0.05) is 60.7 Å². The lowest BCUT2D eigenvalue weighted by molar-refractivity contribution is 0.417. The van der Waals surface area contributed by atoms with E-state index in [9.17, 15) is 0 Å². The number of aromatic nitrogens is 2. The van der Waals surface area contributed by atoms with Gasteiger partial charge in [0.05, 0.1) is 19.3 Å². The van der Waals surface area contributed by atoms with E-state index in [4.69, 9.17) is 9.72 Å². The Labute approximate surface area is 170 Å². The number of para-hydroxylation sites is 3. The summed E-state index contributed by atoms with van der Waals surface area (Å²) in [6, 6.07) is 30.1. The molecule has 4 rings (SSSR count). The molecule has 144 valence electrons. The Kier molecular flexibility index (Phi) is 5.67. The Morgan fingerprint density at radius 1 is 0.828 bits per heavy atom. The van der Waals surface area contributed by atoms with E-state index in [-0.39, 0.29) is 0 Å². The summed E-state index contributed by atoms with van der Waals surface area (Å²) in [6.45, 7) is 0.670. The van der Waals surface area contributed by atoms with Gasteiger partial charge in [0.15, 0.2) is 0 Å². The number of anilines is 4. The number of hydrogen-bond donors (Lipinski definition) is 1. The maximum atomic E-state index is 5.43. The van der Waals surface area contributed by atoms with E-state index >= 15 is 0 Å². The average Bonchev–Trinajstić information content (AvgIpc) is 2.79. The lowest BCUT2D eigenvalue weighted by atomic mass is 10.2. The summed E-state index contributed by atoms with van der Waals surface area (Å²) in [6.07, 6.45) is 1.76. The van der Waals surface area contributed by atoms with Crippen molar-refractivity contribution in [1.82, 2.24) is 9.97 Å². The summed E-state index contributed by atoms with van der Waals surface area (Å²) in [4.78, 5) is 11.4. The van der Waals surface area contributed by atoms with Crippen molar-refractivity contribution >= 4 is 23.1 Å². The first-order valence-corrected chi connectivity index (χ1v) is 9.43. The number of methoxy groups -OCH3 is 1. The van der Waals surface area contributed by atoms with Gasteiger partial charge in [0.1, 0.15) is 11.6 Å². The standard InChI is InChI=1S/C24H22N4O/c1-29-22-15-9-8-14-21(22)26-23-16-17-25-24(27-23)28(20-12-6-3-7-13-20)18-19-10-4-2-5-11-19/h2-17H,18H2,1H3,(H,25,26,27). The van der Waals surface area contributed by atoms with Gasteiger partial charge in [0.2, 0.25) is 5.95 Å². The Balaban J connectivity index is 1.67. The molecule has 0 bridgehead atoms. The third-order valence-electron chi connectivity index (χ3n) is 4.51. The Morgan fingerprint density at radius 3 is 2.28 bits per heavy atom. The molecule has 0 radical (unpaired) electrons. The van der Waals surface area contributed by atoms with Crippen LogP contribution in [-0.4, -0.2) is 17.1 Å². The molecule has 0 spiro atoms. The molecule has 0 saturated carbocycles. The highest BCUT2D eigenvalue weighted by Crippen LogP contribution is 2.28. The number of hydrogen-bond acceptors (Lipinski definition) is 5. The molecule has 0 fully saturated rings. The fraction of sp³-hybridized carbons (Fsp3) is 0.0833. The molecule has 0 aliphatic carbocycles. The van der Waals surface area contributed by atoms with Crippen LogP contribution in [0.3, 0.4) is 0 Å². The topological polar surface area (TPSA) is 50.3 Å². The third-order valence-corrected chi connectivity index (χ3v) is 4.51. The van der Waals surface area contributed by atoms with E-state index < -0.39 is 0 Å². The molecule has 1 heterocycles. The predicted molar refractivity (Wildman–Crippen MR) is 117 cm³/mol. The van der Waals surface area contributed by atoms with Gasteiger partial charge < -0.3 is 15.0 Å². The molecule has 0 aliphatic heterocycles. The SMILES string of the molecule is COc1ccccc1Nc1ccnc(N(Cc2ccccc2)c2ccccc2)n1. The second-order valence-corrected chi connectivity index (χ2v) is 6.47. The van der Waals surface area contributed by atoms with Crippen molar-refractivity contribution in [2.45, 2.75) is 6.54 Å². The number of nitrogens with one attached hydrogen (secondary N) is 1. The summed E-state index contributed by atoms with van der Waals surface area (Å²) in [7, 11) is 1.66. The fourth-order valence-electron chi connectivity index (χ4n) is 3.09. The maximum absolute atomic E-state index is 5.43. The summed E-state index contributed by atoms with van der Waals surface area (Å²) in [5.41, 5.74) is 3.07. The quantitative estimate of drug-likeness (QED) is 0.453. The first kappa shape index (κ1) is 18.5. The van der Waals surface area contributed by atoms with E-state index in [0.717, 1.165) is 17.1 Å². The lowest BCUT2D eigenvalue weighted by Gasteiger charge is -2.23. The molecule has 5 heteroatoms. The molecule has 0 aliphatic rings. The minimum absolute atomic E-state index is 0.625. The minimum Gasteiger partial charge on any atom is -0.495 e. The Hall–Kier alpha value is -3.86. The molecule has 0 amide bonds. The van der Waals surface area contributed by atoms with Crippen LogP contribution >= 0.6 is 0 Å². The van der Waals surface area contributed by atoms with Gasteiger partial charge >= 0.3 is 0 Å². The first-order chi connectivity index (χ1) is 14.3. The smallest absolute Gasteiger partial charge is 0.232 e. The van der Waals surface area contributed by atoms with Crippen LogP contribution in [0.4, 0.5) is 23.1 Å². The molecular formula is C24H22N4O. The van der Waals surface area contributed by atoms with Crippen LogP contribution in [0.2, 0.25) is 0 Å². The van der Waals surface area contributed by atoms with Crippen LogP contribution < -0.4 is 15.0 Å². The van der Waals surface area contributed by atoms with Crippen molar-refractivity contribution in [3.63, 3.8) is 0 Å². The van der Waals surface area contributed by atoms with Crippen LogP contribution in [0.5, 0.6) is 5.75 Å². The van der Waals surface area contributed by atoms with Gasteiger partial charge in [-0.05, 0) is 35.9 Å². The van der Waals surface area contributed by atoms with Gasteiger partial charge in [-0.2, -0.15) is 4.98 Å². The molecule has 1 aromatic heterocycles. The molecule has 0 atom stereocenters. The Bertz CT molecular complexity index is 1050. The van der Waals surface area contributed by atoms with E-state index in [0.29, 0.717) is 18.3 Å². The Morgan fingerprint density at radius 2 is 1.52 bits per heavy atom. The number of rotatable bonds is 7. The van der Waals surface area contributed by atoms with Gasteiger partial charge in [-0.15, -0.1) is 0 Å². The molecule has 29 heavy (non-hydrogen) atoms. The lowest BCUT2D eigenvalue weighted by Crippen LogP contribution is -2.19. The molecule has 4 aromatic rings. The third kappa shape index (κ3) is 4.52. The van der Waals surface area contributed by atoms with E-state index in [1.54, 1.807) is 13.3 Å². The first-order valence-electron chi connectivity index (χ1n) is 9.43. The van der Waals surface area contributed by atoms with Gasteiger partial charge in [-0.3, -0.25) is 0 Å².